The van der Waals surface area contributed by atoms with Crippen molar-refractivity contribution in [3.8, 4) is 0 Å². The molecule has 0 saturated carbocycles. The van der Waals surface area contributed by atoms with Crippen LogP contribution in [0.2, 0.25) is 0 Å². The molecule has 0 spiro atoms. The summed E-state index contributed by atoms with van der Waals surface area (Å²) in [5, 5.41) is 0. The lowest BCUT2D eigenvalue weighted by Crippen LogP contribution is -2.11. The SMILES string of the molecule is O=C(CS(=O)c1cccc(F)c1)c1ccccc1Br. The molecule has 2 nitrogen and oxygen atoms in total. The summed E-state index contributed by atoms with van der Waals surface area (Å²) in [7, 11) is -1.54. The molecule has 0 aromatic heterocycles. The van der Waals surface area contributed by atoms with E-state index in [0.29, 0.717) is 14.9 Å². The molecule has 1 unspecified atom stereocenters. The first-order valence-electron chi connectivity index (χ1n) is 5.49. The maximum atomic E-state index is 13.0. The van der Waals surface area contributed by atoms with Crippen molar-refractivity contribution in [3.63, 3.8) is 0 Å². The largest absolute Gasteiger partial charge is 0.293 e. The Hall–Kier alpha value is -1.33. The summed E-state index contributed by atoms with van der Waals surface area (Å²) in [6.07, 6.45) is 0. The number of benzene rings is 2. The quantitative estimate of drug-likeness (QED) is 0.797. The second kappa shape index (κ2) is 6.21. The molecule has 19 heavy (non-hydrogen) atoms. The van der Waals surface area contributed by atoms with E-state index in [1.54, 1.807) is 30.3 Å². The summed E-state index contributed by atoms with van der Waals surface area (Å²) in [5.74, 6) is -0.860. The van der Waals surface area contributed by atoms with Crippen LogP contribution in [0, 0.1) is 5.82 Å². The summed E-state index contributed by atoms with van der Waals surface area (Å²) in [6.45, 7) is 0. The smallest absolute Gasteiger partial charge is 0.176 e. The van der Waals surface area contributed by atoms with E-state index in [4.69, 9.17) is 0 Å². The number of hydrogen-bond donors (Lipinski definition) is 0. The number of ketones is 1. The number of carbonyl (C=O) groups excluding carboxylic acids is 1. The molecule has 5 heteroatoms. The van der Waals surface area contributed by atoms with Gasteiger partial charge in [0.2, 0.25) is 0 Å². The highest BCUT2D eigenvalue weighted by atomic mass is 79.9. The van der Waals surface area contributed by atoms with Gasteiger partial charge in [-0.05, 0) is 24.3 Å². The van der Waals surface area contributed by atoms with Crippen LogP contribution < -0.4 is 0 Å². The molecular weight excluding hydrogens is 331 g/mol. The molecule has 0 N–H and O–H groups in total. The first-order chi connectivity index (χ1) is 9.08. The molecule has 0 aliphatic rings. The lowest BCUT2D eigenvalue weighted by molar-refractivity contribution is 0.102. The molecule has 98 valence electrons. The molecule has 0 aliphatic carbocycles. The van der Waals surface area contributed by atoms with Gasteiger partial charge in [0.25, 0.3) is 0 Å². The summed E-state index contributed by atoms with van der Waals surface area (Å²) in [5.41, 5.74) is 0.479. The van der Waals surface area contributed by atoms with Crippen LogP contribution in [0.5, 0.6) is 0 Å². The van der Waals surface area contributed by atoms with Gasteiger partial charge in [0.05, 0.1) is 16.6 Å². The third kappa shape index (κ3) is 3.58. The van der Waals surface area contributed by atoms with Gasteiger partial charge >= 0.3 is 0 Å². The van der Waals surface area contributed by atoms with Gasteiger partial charge in [-0.2, -0.15) is 0 Å². The molecule has 1 atom stereocenters. The van der Waals surface area contributed by atoms with Crippen molar-refractivity contribution < 1.29 is 13.4 Å². The lowest BCUT2D eigenvalue weighted by Gasteiger charge is -2.04. The number of Topliss-reactive ketones (excluding diaryl/α,β-unsaturated/α-hetero) is 1. The first kappa shape index (κ1) is 14.1. The van der Waals surface area contributed by atoms with Crippen molar-refractivity contribution in [2.45, 2.75) is 4.90 Å². The summed E-state index contributed by atoms with van der Waals surface area (Å²) >= 11 is 3.27. The highest BCUT2D eigenvalue weighted by Gasteiger charge is 2.14. The summed E-state index contributed by atoms with van der Waals surface area (Å²) in [6, 6.07) is 12.4. The van der Waals surface area contributed by atoms with E-state index in [9.17, 15) is 13.4 Å². The van der Waals surface area contributed by atoms with Gasteiger partial charge in [-0.15, -0.1) is 0 Å². The fourth-order valence-electron chi connectivity index (χ4n) is 1.58. The van der Waals surface area contributed by atoms with Crippen LogP contribution in [0.15, 0.2) is 57.9 Å². The maximum absolute atomic E-state index is 13.0. The van der Waals surface area contributed by atoms with E-state index < -0.39 is 16.6 Å². The van der Waals surface area contributed by atoms with Gasteiger partial charge in [-0.25, -0.2) is 4.39 Å². The number of hydrogen-bond acceptors (Lipinski definition) is 2. The van der Waals surface area contributed by atoms with Gasteiger partial charge in [0.1, 0.15) is 5.82 Å². The van der Waals surface area contributed by atoms with Crippen LogP contribution in [0.1, 0.15) is 10.4 Å². The molecule has 0 amide bonds. The maximum Gasteiger partial charge on any atom is 0.176 e. The minimum Gasteiger partial charge on any atom is -0.293 e. The zero-order chi connectivity index (χ0) is 13.8. The van der Waals surface area contributed by atoms with Crippen molar-refractivity contribution in [1.82, 2.24) is 0 Å². The van der Waals surface area contributed by atoms with Gasteiger partial charge in [-0.1, -0.05) is 40.2 Å². The van der Waals surface area contributed by atoms with Gasteiger partial charge in [0, 0.05) is 14.9 Å². The number of halogens is 2. The molecule has 2 aromatic carbocycles. The van der Waals surface area contributed by atoms with Crippen LogP contribution in [-0.4, -0.2) is 15.7 Å². The zero-order valence-corrected chi connectivity index (χ0v) is 12.2. The zero-order valence-electron chi connectivity index (χ0n) is 9.81. The molecule has 0 fully saturated rings. The summed E-state index contributed by atoms with van der Waals surface area (Å²) in [4.78, 5) is 12.3. The van der Waals surface area contributed by atoms with Gasteiger partial charge < -0.3 is 0 Å². The average Bonchev–Trinajstić information content (AvgIpc) is 2.39. The highest BCUT2D eigenvalue weighted by Crippen LogP contribution is 2.18. The van der Waals surface area contributed by atoms with Crippen molar-refractivity contribution in [2.75, 3.05) is 5.75 Å². The Balaban J connectivity index is 2.16. The van der Waals surface area contributed by atoms with E-state index in [2.05, 4.69) is 15.9 Å². The van der Waals surface area contributed by atoms with Crippen LogP contribution in [-0.2, 0) is 10.8 Å². The topological polar surface area (TPSA) is 34.1 Å². The van der Waals surface area contributed by atoms with Gasteiger partial charge in [0.15, 0.2) is 5.78 Å². The minimum atomic E-state index is -1.54. The van der Waals surface area contributed by atoms with Crippen LogP contribution in [0.4, 0.5) is 4.39 Å². The Bertz CT molecular complexity index is 643. The monoisotopic (exact) mass is 340 g/mol. The highest BCUT2D eigenvalue weighted by molar-refractivity contribution is 9.10. The summed E-state index contributed by atoms with van der Waals surface area (Å²) < 4.78 is 25.7. The predicted molar refractivity (Wildman–Crippen MR) is 76.1 cm³/mol. The predicted octanol–water partition coefficient (Wildman–Crippen LogP) is 3.58. The molecule has 0 radical (unpaired) electrons. The van der Waals surface area contributed by atoms with Crippen molar-refractivity contribution in [1.29, 1.82) is 0 Å². The molecule has 2 aromatic rings. The second-order valence-corrected chi connectivity index (χ2v) is 6.16. The van der Waals surface area contributed by atoms with Crippen molar-refractivity contribution in [2.24, 2.45) is 0 Å². The molecule has 0 bridgehead atoms. The average molecular weight is 341 g/mol. The number of carbonyl (C=O) groups is 1. The Morgan fingerprint density at radius 3 is 2.58 bits per heavy atom. The van der Waals surface area contributed by atoms with Crippen LogP contribution in [0.3, 0.4) is 0 Å². The first-order valence-corrected chi connectivity index (χ1v) is 7.61. The van der Waals surface area contributed by atoms with E-state index in [-0.39, 0.29) is 11.5 Å². The molecule has 2 rings (SSSR count). The Morgan fingerprint density at radius 1 is 1.16 bits per heavy atom. The van der Waals surface area contributed by atoms with E-state index >= 15 is 0 Å². The van der Waals surface area contributed by atoms with Crippen LogP contribution in [0.25, 0.3) is 0 Å². The normalized spacial score (nSPS) is 12.1. The molecule has 0 saturated heterocycles. The Morgan fingerprint density at radius 2 is 1.89 bits per heavy atom. The van der Waals surface area contributed by atoms with Crippen molar-refractivity contribution >= 4 is 32.5 Å². The van der Waals surface area contributed by atoms with E-state index in [1.165, 1.54) is 18.2 Å². The number of rotatable bonds is 4. The third-order valence-corrected chi connectivity index (χ3v) is 4.49. The minimum absolute atomic E-state index is 0.161. The fourth-order valence-corrected chi connectivity index (χ4v) is 3.12. The second-order valence-electron chi connectivity index (χ2n) is 3.85. The van der Waals surface area contributed by atoms with Gasteiger partial charge in [-0.3, -0.25) is 9.00 Å². The third-order valence-electron chi connectivity index (χ3n) is 2.50. The lowest BCUT2D eigenvalue weighted by atomic mass is 10.1. The molecular formula is C14H10BrFO2S. The molecule has 0 heterocycles. The van der Waals surface area contributed by atoms with Crippen molar-refractivity contribution in [3.05, 3.63) is 64.4 Å². The van der Waals surface area contributed by atoms with E-state index in [0.717, 1.165) is 0 Å². The van der Waals surface area contributed by atoms with Crippen LogP contribution >= 0.6 is 15.9 Å². The Labute approximate surface area is 121 Å². The standard InChI is InChI=1S/C14H10BrFO2S/c15-13-7-2-1-6-12(13)14(17)9-19(18)11-5-3-4-10(16)8-11/h1-8H,9H2. The molecule has 0 aliphatic heterocycles. The van der Waals surface area contributed by atoms with E-state index in [1.807, 2.05) is 0 Å². The Kier molecular flexibility index (Phi) is 4.61. The fraction of sp³-hybridized carbons (Fsp3) is 0.0714.